The molecule has 1 heterocycles. The van der Waals surface area contributed by atoms with Gasteiger partial charge in [-0.3, -0.25) is 9.69 Å². The van der Waals surface area contributed by atoms with Crippen LogP contribution in [0.15, 0.2) is 89.8 Å². The molecule has 0 aromatic heterocycles. The fourth-order valence-electron chi connectivity index (χ4n) is 4.09. The summed E-state index contributed by atoms with van der Waals surface area (Å²) in [6.45, 7) is 0.781. The number of rotatable bonds is 7. The van der Waals surface area contributed by atoms with Gasteiger partial charge in [-0.1, -0.05) is 108 Å². The minimum absolute atomic E-state index is 0.125. The summed E-state index contributed by atoms with van der Waals surface area (Å²) in [7, 11) is 1.57. The van der Waals surface area contributed by atoms with Crippen molar-refractivity contribution in [3.05, 3.63) is 112 Å². The molecule has 0 bridgehead atoms. The maximum atomic E-state index is 13.1. The number of amides is 1. The Morgan fingerprint density at radius 1 is 1.00 bits per heavy atom. The van der Waals surface area contributed by atoms with E-state index in [9.17, 15) is 4.79 Å². The first kappa shape index (κ1) is 24.4. The molecule has 4 aromatic carbocycles. The monoisotopic (exact) mass is 531 g/mol. The third kappa shape index (κ3) is 5.12. The first-order chi connectivity index (χ1) is 17.5. The van der Waals surface area contributed by atoms with Crippen LogP contribution in [0.4, 0.5) is 0 Å². The molecule has 5 rings (SSSR count). The molecule has 36 heavy (non-hydrogen) atoms. The van der Waals surface area contributed by atoms with Gasteiger partial charge in [0.25, 0.3) is 5.91 Å². The number of ether oxygens (including phenoxy) is 2. The lowest BCUT2D eigenvalue weighted by Gasteiger charge is -2.15. The highest BCUT2D eigenvalue weighted by Crippen LogP contribution is 2.40. The molecule has 4 aromatic rings. The van der Waals surface area contributed by atoms with E-state index in [0.717, 1.165) is 27.5 Å². The topological polar surface area (TPSA) is 38.8 Å². The van der Waals surface area contributed by atoms with Gasteiger partial charge >= 0.3 is 0 Å². The standard InChI is InChI=1S/C29H22ClNO3S2/c1-33-25-15-20(16-26-28(32)31(29(35)36-26)17-19-8-3-2-4-9-19)14-24(30)27(25)34-18-22-12-7-11-21-10-5-6-13-23(21)22/h2-16H,17-18H2,1H3/b26-16-. The van der Waals surface area contributed by atoms with Crippen LogP contribution in [0.5, 0.6) is 11.5 Å². The lowest BCUT2D eigenvalue weighted by atomic mass is 10.1. The number of carbonyl (C=O) groups is 1. The molecule has 0 aliphatic carbocycles. The summed E-state index contributed by atoms with van der Waals surface area (Å²) in [4.78, 5) is 15.2. The fraction of sp³-hybridized carbons (Fsp3) is 0.103. The molecule has 0 N–H and O–H groups in total. The predicted molar refractivity (Wildman–Crippen MR) is 151 cm³/mol. The summed E-state index contributed by atoms with van der Waals surface area (Å²) in [6, 6.07) is 27.7. The second-order valence-electron chi connectivity index (χ2n) is 8.21. The molecule has 180 valence electrons. The first-order valence-corrected chi connectivity index (χ1v) is 12.9. The number of hydrogen-bond donors (Lipinski definition) is 0. The van der Waals surface area contributed by atoms with Crippen molar-refractivity contribution in [1.29, 1.82) is 0 Å². The molecule has 1 amide bonds. The molecule has 0 spiro atoms. The lowest BCUT2D eigenvalue weighted by molar-refractivity contribution is -0.122. The minimum Gasteiger partial charge on any atom is -0.493 e. The molecule has 1 fully saturated rings. The Bertz CT molecular complexity index is 1480. The predicted octanol–water partition coefficient (Wildman–Crippen LogP) is 7.48. The Labute approximate surface area is 224 Å². The third-order valence-electron chi connectivity index (χ3n) is 5.86. The largest absolute Gasteiger partial charge is 0.493 e. The molecule has 1 aliphatic rings. The van der Waals surface area contributed by atoms with E-state index < -0.39 is 0 Å². The number of carbonyl (C=O) groups excluding carboxylic acids is 1. The first-order valence-electron chi connectivity index (χ1n) is 11.3. The van der Waals surface area contributed by atoms with E-state index in [1.165, 1.54) is 11.8 Å². The van der Waals surface area contributed by atoms with Crippen LogP contribution in [-0.2, 0) is 17.9 Å². The van der Waals surface area contributed by atoms with E-state index in [1.54, 1.807) is 24.2 Å². The molecule has 7 heteroatoms. The molecule has 1 aliphatic heterocycles. The summed E-state index contributed by atoms with van der Waals surface area (Å²) in [6.07, 6.45) is 1.78. The van der Waals surface area contributed by atoms with Crippen LogP contribution in [0.1, 0.15) is 16.7 Å². The van der Waals surface area contributed by atoms with Gasteiger partial charge in [0, 0.05) is 0 Å². The molecule has 1 saturated heterocycles. The van der Waals surface area contributed by atoms with Crippen molar-refractivity contribution < 1.29 is 14.3 Å². The molecule has 0 radical (unpaired) electrons. The van der Waals surface area contributed by atoms with Crippen LogP contribution in [0.2, 0.25) is 5.02 Å². The van der Waals surface area contributed by atoms with Gasteiger partial charge in [0.1, 0.15) is 10.9 Å². The van der Waals surface area contributed by atoms with Crippen LogP contribution in [0.25, 0.3) is 16.8 Å². The van der Waals surface area contributed by atoms with Crippen LogP contribution >= 0.6 is 35.6 Å². The summed E-state index contributed by atoms with van der Waals surface area (Å²) in [5, 5.41) is 2.68. The lowest BCUT2D eigenvalue weighted by Crippen LogP contribution is -2.27. The van der Waals surface area contributed by atoms with Gasteiger partial charge in [0.05, 0.1) is 23.6 Å². The highest BCUT2D eigenvalue weighted by Gasteiger charge is 2.32. The maximum Gasteiger partial charge on any atom is 0.266 e. The Balaban J connectivity index is 1.37. The number of fused-ring (bicyclic) bond motifs is 1. The van der Waals surface area contributed by atoms with E-state index in [1.807, 2.05) is 60.7 Å². The Kier molecular flexibility index (Phi) is 7.28. The number of benzene rings is 4. The number of thiocarbonyl (C=S) groups is 1. The Hall–Kier alpha value is -3.32. The van der Waals surface area contributed by atoms with E-state index >= 15 is 0 Å². The van der Waals surface area contributed by atoms with Crippen LogP contribution in [0.3, 0.4) is 0 Å². The second-order valence-corrected chi connectivity index (χ2v) is 10.3. The van der Waals surface area contributed by atoms with Crippen molar-refractivity contribution in [1.82, 2.24) is 4.90 Å². The van der Waals surface area contributed by atoms with Crippen LogP contribution < -0.4 is 9.47 Å². The SMILES string of the molecule is COc1cc(/C=C2\SC(=S)N(Cc3ccccc3)C2=O)cc(Cl)c1OCc1cccc2ccccc12. The zero-order valence-corrected chi connectivity index (χ0v) is 21.8. The highest BCUT2D eigenvalue weighted by molar-refractivity contribution is 8.26. The van der Waals surface area contributed by atoms with Gasteiger partial charge in [-0.15, -0.1) is 0 Å². The zero-order chi connectivity index (χ0) is 25.1. The van der Waals surface area contributed by atoms with Crippen LogP contribution in [0, 0.1) is 0 Å². The number of hydrogen-bond acceptors (Lipinski definition) is 5. The van der Waals surface area contributed by atoms with Gasteiger partial charge in [-0.05, 0) is 45.7 Å². The molecular weight excluding hydrogens is 510 g/mol. The average molecular weight is 532 g/mol. The number of halogens is 1. The van der Waals surface area contributed by atoms with Crippen molar-refractivity contribution in [2.75, 3.05) is 7.11 Å². The Morgan fingerprint density at radius 2 is 1.75 bits per heavy atom. The van der Waals surface area contributed by atoms with Crippen molar-refractivity contribution in [2.24, 2.45) is 0 Å². The van der Waals surface area contributed by atoms with E-state index in [4.69, 9.17) is 33.3 Å². The van der Waals surface area contributed by atoms with Gasteiger partial charge in [-0.25, -0.2) is 0 Å². The Morgan fingerprint density at radius 3 is 2.56 bits per heavy atom. The van der Waals surface area contributed by atoms with Gasteiger partial charge < -0.3 is 9.47 Å². The average Bonchev–Trinajstić information content (AvgIpc) is 3.15. The summed E-state index contributed by atoms with van der Waals surface area (Å²) < 4.78 is 12.2. The van der Waals surface area contributed by atoms with E-state index in [-0.39, 0.29) is 5.91 Å². The fourth-order valence-corrected chi connectivity index (χ4v) is 5.61. The summed E-state index contributed by atoms with van der Waals surface area (Å²) >= 11 is 13.4. The third-order valence-corrected chi connectivity index (χ3v) is 7.52. The van der Waals surface area contributed by atoms with Crippen molar-refractivity contribution in [3.8, 4) is 11.5 Å². The van der Waals surface area contributed by atoms with Crippen molar-refractivity contribution >= 4 is 62.7 Å². The molecule has 0 saturated carbocycles. The van der Waals surface area contributed by atoms with E-state index in [2.05, 4.69) is 18.2 Å². The normalized spacial score (nSPS) is 14.6. The second kappa shape index (κ2) is 10.7. The van der Waals surface area contributed by atoms with Crippen molar-refractivity contribution in [2.45, 2.75) is 13.2 Å². The van der Waals surface area contributed by atoms with Gasteiger partial charge in [0.2, 0.25) is 0 Å². The van der Waals surface area contributed by atoms with Crippen LogP contribution in [-0.4, -0.2) is 22.2 Å². The number of nitrogens with zero attached hydrogens (tertiary/aromatic N) is 1. The number of methoxy groups -OCH3 is 1. The van der Waals surface area contributed by atoms with Gasteiger partial charge in [0.15, 0.2) is 11.5 Å². The molecular formula is C29H22ClNO3S2. The van der Waals surface area contributed by atoms with Gasteiger partial charge in [-0.2, -0.15) is 0 Å². The summed E-state index contributed by atoms with van der Waals surface area (Å²) in [5.41, 5.74) is 2.81. The van der Waals surface area contributed by atoms with Crippen molar-refractivity contribution in [3.63, 3.8) is 0 Å². The van der Waals surface area contributed by atoms with E-state index in [0.29, 0.717) is 38.9 Å². The summed E-state index contributed by atoms with van der Waals surface area (Å²) in [5.74, 6) is 0.829. The maximum absolute atomic E-state index is 13.1. The smallest absolute Gasteiger partial charge is 0.266 e. The quantitative estimate of drug-likeness (QED) is 0.182. The highest BCUT2D eigenvalue weighted by atomic mass is 35.5. The minimum atomic E-state index is -0.125. The number of thioether (sulfide) groups is 1. The zero-order valence-electron chi connectivity index (χ0n) is 19.4. The molecule has 0 unspecified atom stereocenters. The molecule has 0 atom stereocenters. The molecule has 4 nitrogen and oxygen atoms in total.